The molecule has 0 aliphatic heterocycles. The van der Waals surface area contributed by atoms with Crippen LogP contribution in [0.2, 0.25) is 0 Å². The average Bonchev–Trinajstić information content (AvgIpc) is 3.37. The molecule has 0 saturated heterocycles. The zero-order valence-corrected chi connectivity index (χ0v) is 15.6. The summed E-state index contributed by atoms with van der Waals surface area (Å²) in [4.78, 5) is 17.4. The van der Waals surface area contributed by atoms with Crippen molar-refractivity contribution in [3.8, 4) is 17.2 Å². The van der Waals surface area contributed by atoms with E-state index in [0.717, 1.165) is 24.2 Å². The van der Waals surface area contributed by atoms with Crippen LogP contribution in [0.25, 0.3) is 17.1 Å². The number of hydrogen-bond donors (Lipinski definition) is 1. The molecule has 28 heavy (non-hydrogen) atoms. The number of ether oxygens (including phenoxy) is 1. The molecule has 6 heteroatoms. The summed E-state index contributed by atoms with van der Waals surface area (Å²) in [6.07, 6.45) is 5.53. The first-order valence-electron chi connectivity index (χ1n) is 9.31. The number of carbonyl (C=O) groups is 1. The third kappa shape index (κ3) is 3.62. The summed E-state index contributed by atoms with van der Waals surface area (Å²) in [6, 6.07) is 16.4. The first-order valence-corrected chi connectivity index (χ1v) is 9.31. The molecule has 1 N–H and O–H groups in total. The Morgan fingerprint density at radius 2 is 2.00 bits per heavy atom. The van der Waals surface area contributed by atoms with Crippen LogP contribution in [-0.2, 0) is 0 Å². The summed E-state index contributed by atoms with van der Waals surface area (Å²) in [5, 5.41) is 2.97. The van der Waals surface area contributed by atoms with E-state index in [1.807, 2.05) is 47.0 Å². The SMILES string of the molecule is CCCCOc1ccc(C(=O)Nc2c(-c3ccco3)nc3ccccn23)cc1. The van der Waals surface area contributed by atoms with Gasteiger partial charge in [0.1, 0.15) is 22.9 Å². The van der Waals surface area contributed by atoms with E-state index in [-0.39, 0.29) is 5.91 Å². The molecule has 0 atom stereocenters. The van der Waals surface area contributed by atoms with Crippen molar-refractivity contribution >= 4 is 17.4 Å². The third-order valence-corrected chi connectivity index (χ3v) is 4.40. The van der Waals surface area contributed by atoms with Crippen LogP contribution in [0.3, 0.4) is 0 Å². The molecule has 1 aromatic carbocycles. The maximum absolute atomic E-state index is 12.8. The number of furan rings is 1. The Morgan fingerprint density at radius 1 is 1.14 bits per heavy atom. The number of nitrogens with one attached hydrogen (secondary N) is 1. The molecule has 0 spiro atoms. The van der Waals surface area contributed by atoms with Crippen molar-refractivity contribution in [1.82, 2.24) is 9.38 Å². The lowest BCUT2D eigenvalue weighted by Crippen LogP contribution is -2.14. The van der Waals surface area contributed by atoms with Gasteiger partial charge in [-0.15, -0.1) is 0 Å². The van der Waals surface area contributed by atoms with Crippen molar-refractivity contribution in [3.63, 3.8) is 0 Å². The summed E-state index contributed by atoms with van der Waals surface area (Å²) >= 11 is 0. The van der Waals surface area contributed by atoms with Gasteiger partial charge in [0.25, 0.3) is 5.91 Å². The highest BCUT2D eigenvalue weighted by atomic mass is 16.5. The second-order valence-electron chi connectivity index (χ2n) is 6.40. The van der Waals surface area contributed by atoms with E-state index in [1.165, 1.54) is 0 Å². The molecule has 4 aromatic rings. The first-order chi connectivity index (χ1) is 13.8. The van der Waals surface area contributed by atoms with Crippen LogP contribution in [0.1, 0.15) is 30.1 Å². The van der Waals surface area contributed by atoms with Crippen molar-refractivity contribution in [1.29, 1.82) is 0 Å². The Labute approximate surface area is 162 Å². The molecule has 3 heterocycles. The Morgan fingerprint density at radius 3 is 2.75 bits per heavy atom. The predicted octanol–water partition coefficient (Wildman–Crippen LogP) is 5.03. The third-order valence-electron chi connectivity index (χ3n) is 4.40. The molecule has 6 nitrogen and oxygen atoms in total. The number of unbranched alkanes of at least 4 members (excludes halogenated alkanes) is 1. The maximum Gasteiger partial charge on any atom is 0.256 e. The highest BCUT2D eigenvalue weighted by Gasteiger charge is 2.18. The van der Waals surface area contributed by atoms with Crippen molar-refractivity contribution in [3.05, 3.63) is 72.6 Å². The summed E-state index contributed by atoms with van der Waals surface area (Å²) in [5.41, 5.74) is 1.85. The number of anilines is 1. The summed E-state index contributed by atoms with van der Waals surface area (Å²) in [5.74, 6) is 1.70. The van der Waals surface area contributed by atoms with E-state index in [2.05, 4.69) is 17.2 Å². The number of pyridine rings is 1. The van der Waals surface area contributed by atoms with Crippen LogP contribution in [0, 0.1) is 0 Å². The summed E-state index contributed by atoms with van der Waals surface area (Å²) in [6.45, 7) is 2.80. The normalized spacial score (nSPS) is 10.9. The molecule has 0 radical (unpaired) electrons. The number of amides is 1. The van der Waals surface area contributed by atoms with Crippen LogP contribution in [0.5, 0.6) is 5.75 Å². The van der Waals surface area contributed by atoms with Gasteiger partial charge >= 0.3 is 0 Å². The molecule has 3 aromatic heterocycles. The lowest BCUT2D eigenvalue weighted by Gasteiger charge is -2.08. The van der Waals surface area contributed by atoms with Crippen molar-refractivity contribution in [2.75, 3.05) is 11.9 Å². The minimum atomic E-state index is -0.224. The molecule has 0 aliphatic carbocycles. The first kappa shape index (κ1) is 17.9. The van der Waals surface area contributed by atoms with Gasteiger partial charge in [-0.2, -0.15) is 0 Å². The number of fused-ring (bicyclic) bond motifs is 1. The highest BCUT2D eigenvalue weighted by Crippen LogP contribution is 2.29. The minimum absolute atomic E-state index is 0.224. The second kappa shape index (κ2) is 8.00. The van der Waals surface area contributed by atoms with E-state index >= 15 is 0 Å². The van der Waals surface area contributed by atoms with Crippen molar-refractivity contribution in [2.45, 2.75) is 19.8 Å². The van der Waals surface area contributed by atoms with Gasteiger partial charge in [-0.1, -0.05) is 19.4 Å². The van der Waals surface area contributed by atoms with Gasteiger partial charge in [-0.25, -0.2) is 4.98 Å². The molecular formula is C22H21N3O3. The van der Waals surface area contributed by atoms with Crippen LogP contribution in [0.15, 0.2) is 71.5 Å². The number of carbonyl (C=O) groups excluding carboxylic acids is 1. The zero-order valence-electron chi connectivity index (χ0n) is 15.6. The monoisotopic (exact) mass is 375 g/mol. The fourth-order valence-electron chi connectivity index (χ4n) is 2.92. The standard InChI is InChI=1S/C22H21N3O3/c1-2-3-14-27-17-11-9-16(10-12-17)22(26)24-21-20(18-7-6-15-28-18)23-19-8-4-5-13-25(19)21/h4-13,15H,2-3,14H2,1H3,(H,24,26). The Bertz CT molecular complexity index is 1070. The fraction of sp³-hybridized carbons (Fsp3) is 0.182. The van der Waals surface area contributed by atoms with Crippen LogP contribution in [-0.4, -0.2) is 21.9 Å². The van der Waals surface area contributed by atoms with E-state index in [9.17, 15) is 4.79 Å². The Hall–Kier alpha value is -3.54. The summed E-state index contributed by atoms with van der Waals surface area (Å²) < 4.78 is 13.0. The van der Waals surface area contributed by atoms with Gasteiger partial charge in [-0.3, -0.25) is 9.20 Å². The second-order valence-corrected chi connectivity index (χ2v) is 6.40. The van der Waals surface area contributed by atoms with Crippen LogP contribution >= 0.6 is 0 Å². The molecule has 4 rings (SSSR count). The van der Waals surface area contributed by atoms with E-state index < -0.39 is 0 Å². The molecule has 0 bridgehead atoms. The number of imidazole rings is 1. The van der Waals surface area contributed by atoms with E-state index in [0.29, 0.717) is 29.4 Å². The highest BCUT2D eigenvalue weighted by molar-refractivity contribution is 6.05. The van der Waals surface area contributed by atoms with Gasteiger partial charge in [-0.05, 0) is 55.0 Å². The number of nitrogens with zero attached hydrogens (tertiary/aromatic N) is 2. The quantitative estimate of drug-likeness (QED) is 0.460. The lowest BCUT2D eigenvalue weighted by atomic mass is 10.2. The number of rotatable bonds is 7. The topological polar surface area (TPSA) is 68.8 Å². The number of aromatic nitrogens is 2. The smallest absolute Gasteiger partial charge is 0.256 e. The van der Waals surface area contributed by atoms with Gasteiger partial charge < -0.3 is 14.5 Å². The Balaban J connectivity index is 1.59. The zero-order chi connectivity index (χ0) is 19.3. The molecular weight excluding hydrogens is 354 g/mol. The van der Waals surface area contributed by atoms with Crippen LogP contribution < -0.4 is 10.1 Å². The average molecular weight is 375 g/mol. The number of hydrogen-bond acceptors (Lipinski definition) is 4. The maximum atomic E-state index is 12.8. The van der Waals surface area contributed by atoms with Gasteiger partial charge in [0.15, 0.2) is 5.76 Å². The van der Waals surface area contributed by atoms with Gasteiger partial charge in [0.05, 0.1) is 12.9 Å². The van der Waals surface area contributed by atoms with Gasteiger partial charge in [0.2, 0.25) is 0 Å². The molecule has 0 fully saturated rings. The van der Waals surface area contributed by atoms with Crippen molar-refractivity contribution < 1.29 is 13.9 Å². The van der Waals surface area contributed by atoms with Gasteiger partial charge in [0, 0.05) is 11.8 Å². The van der Waals surface area contributed by atoms with E-state index in [4.69, 9.17) is 9.15 Å². The van der Waals surface area contributed by atoms with Crippen LogP contribution in [0.4, 0.5) is 5.82 Å². The lowest BCUT2D eigenvalue weighted by molar-refractivity contribution is 0.102. The molecule has 0 saturated carbocycles. The Kier molecular flexibility index (Phi) is 5.10. The van der Waals surface area contributed by atoms with E-state index in [1.54, 1.807) is 24.5 Å². The number of benzene rings is 1. The largest absolute Gasteiger partial charge is 0.494 e. The summed E-state index contributed by atoms with van der Waals surface area (Å²) in [7, 11) is 0. The predicted molar refractivity (Wildman–Crippen MR) is 108 cm³/mol. The molecule has 1 amide bonds. The fourth-order valence-corrected chi connectivity index (χ4v) is 2.92. The molecule has 0 aliphatic rings. The van der Waals surface area contributed by atoms with Crippen molar-refractivity contribution in [2.24, 2.45) is 0 Å². The minimum Gasteiger partial charge on any atom is -0.494 e. The molecule has 0 unspecified atom stereocenters. The molecule has 142 valence electrons.